The number of carbonyl (C=O) groups is 1. The molecule has 5 atom stereocenters. The summed E-state index contributed by atoms with van der Waals surface area (Å²) in [6.07, 6.45) is 9.71. The van der Waals surface area contributed by atoms with Crippen molar-refractivity contribution in [3.05, 3.63) is 118 Å². The molecule has 3 N–H and O–H groups in total. The highest BCUT2D eigenvalue weighted by Gasteiger charge is 2.51. The van der Waals surface area contributed by atoms with E-state index >= 15 is 0 Å². The number of rotatable bonds is 13. The van der Waals surface area contributed by atoms with Crippen LogP contribution in [0.1, 0.15) is 85.0 Å². The van der Waals surface area contributed by atoms with Gasteiger partial charge in [0, 0.05) is 113 Å². The van der Waals surface area contributed by atoms with E-state index in [4.69, 9.17) is 38.4 Å². The lowest BCUT2D eigenvalue weighted by molar-refractivity contribution is -0.384. The predicted molar refractivity (Wildman–Crippen MR) is 324 cm³/mol. The fourth-order valence-corrected chi connectivity index (χ4v) is 15.9. The van der Waals surface area contributed by atoms with Crippen molar-refractivity contribution >= 4 is 61.2 Å². The summed E-state index contributed by atoms with van der Waals surface area (Å²) in [5, 5.41) is 16.7. The van der Waals surface area contributed by atoms with Gasteiger partial charge in [-0.05, 0) is 123 Å². The zero-order chi connectivity index (χ0) is 58.8. The number of hydrogen-bond donors (Lipinski definition) is 3. The van der Waals surface area contributed by atoms with Crippen LogP contribution in [0.5, 0.6) is 17.4 Å². The molecule has 23 heteroatoms. The van der Waals surface area contributed by atoms with Crippen LogP contribution in [0.3, 0.4) is 0 Å². The van der Waals surface area contributed by atoms with E-state index < -0.39 is 37.5 Å². The van der Waals surface area contributed by atoms with Crippen LogP contribution in [-0.2, 0) is 30.8 Å². The lowest BCUT2D eigenvalue weighted by Crippen LogP contribution is -2.59. The van der Waals surface area contributed by atoms with Crippen molar-refractivity contribution in [2.24, 2.45) is 11.3 Å². The molecular weight excluding hydrogens is 1120 g/mol. The molecule has 1 aliphatic carbocycles. The number of aromatic nitrogens is 3. The van der Waals surface area contributed by atoms with Gasteiger partial charge >= 0.3 is 0 Å². The molecule has 1 saturated carbocycles. The summed E-state index contributed by atoms with van der Waals surface area (Å²) in [5.74, 6) is 1.32. The number of aromatic amines is 1. The van der Waals surface area contributed by atoms with E-state index in [9.17, 15) is 23.3 Å². The Morgan fingerprint density at radius 3 is 2.52 bits per heavy atom. The van der Waals surface area contributed by atoms with Crippen molar-refractivity contribution in [3.63, 3.8) is 0 Å². The third-order valence-electron chi connectivity index (χ3n) is 19.7. The molecule has 0 bridgehead atoms. The summed E-state index contributed by atoms with van der Waals surface area (Å²) in [6.45, 7) is 13.8. The number of morpholine rings is 1. The van der Waals surface area contributed by atoms with Crippen molar-refractivity contribution in [1.29, 1.82) is 0 Å². The number of nitrogens with zero attached hydrogens (tertiary/aromatic N) is 8. The summed E-state index contributed by atoms with van der Waals surface area (Å²) in [5.41, 5.74) is 6.41. The topological polar surface area (TPSA) is 232 Å². The Bertz CT molecular complexity index is 3660. The molecule has 3 aromatic carbocycles. The summed E-state index contributed by atoms with van der Waals surface area (Å²) in [4.78, 5) is 51.6. The van der Waals surface area contributed by atoms with Gasteiger partial charge in [0.05, 0.1) is 66.1 Å². The van der Waals surface area contributed by atoms with Gasteiger partial charge in [-0.1, -0.05) is 24.3 Å². The van der Waals surface area contributed by atoms with Gasteiger partial charge in [-0.2, -0.15) is 4.98 Å². The number of anilines is 5. The van der Waals surface area contributed by atoms with Crippen LogP contribution in [0.15, 0.2) is 90.1 Å². The number of nitro groups is 1. The highest BCUT2D eigenvalue weighted by atomic mass is 32.2. The Balaban J connectivity index is 0.712. The zero-order valence-corrected chi connectivity index (χ0v) is 49.8. The molecule has 10 heterocycles. The minimum absolute atomic E-state index is 0.0254. The molecule has 14 rings (SSSR count). The minimum Gasteiger partial charge on any atom is -0.493 e. The number of benzene rings is 3. The number of nitro benzene ring substituents is 1. The number of amides is 1. The van der Waals surface area contributed by atoms with Gasteiger partial charge in [-0.3, -0.25) is 24.7 Å². The van der Waals surface area contributed by atoms with Crippen LogP contribution in [0.2, 0.25) is 0 Å². The summed E-state index contributed by atoms with van der Waals surface area (Å²) < 4.78 is 67.1. The lowest BCUT2D eigenvalue weighted by Gasteiger charge is -2.58. The first-order valence-corrected chi connectivity index (χ1v) is 32.0. The number of nitrogens with one attached hydrogen (secondary N) is 3. The molecule has 0 unspecified atom stereocenters. The van der Waals surface area contributed by atoms with Gasteiger partial charge in [0.2, 0.25) is 5.88 Å². The van der Waals surface area contributed by atoms with Crippen molar-refractivity contribution in [2.75, 3.05) is 113 Å². The monoisotopic (exact) mass is 1190 g/mol. The molecular formula is C63H75N11O11S. The molecule has 6 aromatic rings. The third-order valence-corrected chi connectivity index (χ3v) is 21.0. The molecule has 1 spiro atoms. The smallest absolute Gasteiger partial charge is 0.297 e. The van der Waals surface area contributed by atoms with E-state index in [0.717, 1.165) is 119 Å². The fraction of sp³-hybridized carbons (Fsp3) is 0.508. The first-order valence-electron chi connectivity index (χ1n) is 30.5. The number of sulfonamides is 1. The van der Waals surface area contributed by atoms with Gasteiger partial charge in [-0.15, -0.1) is 0 Å². The highest BCUT2D eigenvalue weighted by molar-refractivity contribution is 7.90. The Morgan fingerprint density at radius 1 is 0.907 bits per heavy atom. The molecule has 7 aliphatic heterocycles. The van der Waals surface area contributed by atoms with Crippen LogP contribution in [0.4, 0.5) is 34.3 Å². The summed E-state index contributed by atoms with van der Waals surface area (Å²) in [7, 11) is -2.99. The molecule has 86 heavy (non-hydrogen) atoms. The van der Waals surface area contributed by atoms with Crippen molar-refractivity contribution in [1.82, 2.24) is 29.5 Å². The van der Waals surface area contributed by atoms with E-state index in [2.05, 4.69) is 83.7 Å². The standard InChI is InChI=1S/C63H75N11O11S/c1-39-6-4-5-7-47(39)54-35-69(34-41-26-56(80-3)60(65-33-41)71-21-25-83-36-40(71)2)19-20-72(54)45-31-63(32-45)14-17-70(18-15-63)44-8-9-48(51(28-44)73-50-13-24-82-38-57(50)85-62-53(73)27-43-10-16-64-59(43)67-62)61(75)68-86(78,79)46-29-52(74(76)77)58-55(30-46)84-37-49(66-58)42-11-22-81-23-12-42/h4-10,16,26-30,33,40,42,45,49-50,54,57,66H,11-15,17-25,31-32,34-38H2,1-3H3,(H,64,67)(H,68,75)/t40-,49+,50+,54+,57+/m1/s1. The van der Waals surface area contributed by atoms with Gasteiger partial charge in [0.15, 0.2) is 23.0 Å². The van der Waals surface area contributed by atoms with Crippen LogP contribution in [0.25, 0.3) is 11.0 Å². The van der Waals surface area contributed by atoms with Crippen LogP contribution >= 0.6 is 0 Å². The van der Waals surface area contributed by atoms with Crippen LogP contribution < -0.4 is 38.9 Å². The molecule has 454 valence electrons. The Morgan fingerprint density at radius 2 is 1.72 bits per heavy atom. The summed E-state index contributed by atoms with van der Waals surface area (Å²) >= 11 is 0. The second-order valence-corrected chi connectivity index (χ2v) is 26.5. The third kappa shape index (κ3) is 10.7. The lowest BCUT2D eigenvalue weighted by atomic mass is 9.59. The van der Waals surface area contributed by atoms with Gasteiger partial charge in [0.1, 0.15) is 24.0 Å². The Hall–Kier alpha value is -7.28. The highest BCUT2D eigenvalue weighted by Crippen LogP contribution is 2.54. The number of pyridine rings is 2. The van der Waals surface area contributed by atoms with Crippen molar-refractivity contribution < 1.29 is 46.6 Å². The first kappa shape index (κ1) is 56.5. The number of H-pyrrole nitrogens is 1. The minimum atomic E-state index is -4.72. The number of hydrogen-bond acceptors (Lipinski definition) is 19. The second-order valence-electron chi connectivity index (χ2n) is 24.8. The SMILES string of the molecule is COc1cc(CN2CCN(C3CC4(CCN(c5ccc(C(=O)NS(=O)(=O)c6cc7c(c([N+](=O)[O-])c6)N[C@H](C6CCOCC6)CO7)c(N6c7cc8cc[nH]c8nc7O[C@H]7COCC[C@@H]76)c5)CC4)C3)[C@H](c3ccccc3C)C2)cnc1N1CCOC[C@H]1C. The average molecular weight is 1190 g/mol. The molecule has 5 saturated heterocycles. The normalized spacial score (nSPS) is 24.6. The van der Waals surface area contributed by atoms with Gasteiger partial charge < -0.3 is 53.4 Å². The second kappa shape index (κ2) is 23.1. The number of carbonyl (C=O) groups excluding carboxylic acids is 1. The molecule has 3 aromatic heterocycles. The van der Waals surface area contributed by atoms with E-state index in [1.54, 1.807) is 13.2 Å². The zero-order valence-electron chi connectivity index (χ0n) is 49.0. The number of methoxy groups -OCH3 is 1. The Labute approximate surface area is 500 Å². The summed E-state index contributed by atoms with van der Waals surface area (Å²) in [6, 6.07) is 23.1. The number of fused-ring (bicyclic) bond motifs is 4. The molecule has 6 fully saturated rings. The number of aryl methyl sites for hydroxylation is 1. The van der Waals surface area contributed by atoms with Crippen LogP contribution in [-0.4, -0.2) is 167 Å². The van der Waals surface area contributed by atoms with Gasteiger partial charge in [-0.25, -0.2) is 18.1 Å². The van der Waals surface area contributed by atoms with E-state index in [0.29, 0.717) is 75.0 Å². The predicted octanol–water partition coefficient (Wildman–Crippen LogP) is 8.12. The largest absolute Gasteiger partial charge is 0.493 e. The van der Waals surface area contributed by atoms with Gasteiger partial charge in [0.25, 0.3) is 21.6 Å². The maximum Gasteiger partial charge on any atom is 0.297 e. The van der Waals surface area contributed by atoms with Crippen molar-refractivity contribution in [3.8, 4) is 17.4 Å². The molecule has 22 nitrogen and oxygen atoms in total. The van der Waals surface area contributed by atoms with Crippen LogP contribution in [0, 0.1) is 28.4 Å². The Kier molecular flexibility index (Phi) is 15.2. The molecule has 0 radical (unpaired) electrons. The number of piperidine rings is 1. The van der Waals surface area contributed by atoms with E-state index in [1.165, 1.54) is 17.2 Å². The number of ether oxygens (including phenoxy) is 6. The molecule has 1 amide bonds. The maximum atomic E-state index is 15.0. The average Bonchev–Trinajstić information content (AvgIpc) is 1.12. The van der Waals surface area contributed by atoms with Crippen molar-refractivity contribution in [2.45, 2.75) is 107 Å². The molecule has 8 aliphatic rings. The first-order chi connectivity index (χ1) is 41.8. The number of piperazine rings is 1. The van der Waals surface area contributed by atoms with E-state index in [1.807, 2.05) is 36.7 Å². The quantitative estimate of drug-likeness (QED) is 0.0732. The van der Waals surface area contributed by atoms with E-state index in [-0.39, 0.29) is 59.1 Å². The fourth-order valence-electron chi connectivity index (χ4n) is 14.9. The maximum absolute atomic E-state index is 15.0.